The number of anilines is 2. The van der Waals surface area contributed by atoms with Gasteiger partial charge in [-0.25, -0.2) is 4.98 Å². The van der Waals surface area contributed by atoms with E-state index in [4.69, 9.17) is 9.15 Å². The van der Waals surface area contributed by atoms with Crippen LogP contribution >= 0.6 is 0 Å². The van der Waals surface area contributed by atoms with Crippen molar-refractivity contribution >= 4 is 23.2 Å². The first kappa shape index (κ1) is 18.2. The zero-order chi connectivity index (χ0) is 19.2. The molecule has 0 saturated carbocycles. The molecular formula is C20H19N3O4. The van der Waals surface area contributed by atoms with Crippen LogP contribution in [0, 0.1) is 0 Å². The summed E-state index contributed by atoms with van der Waals surface area (Å²) in [7, 11) is 1.53. The molecule has 2 aromatic carbocycles. The lowest BCUT2D eigenvalue weighted by atomic mass is 10.2. The highest BCUT2D eigenvalue weighted by atomic mass is 16.5. The minimum Gasteiger partial charge on any atom is -0.497 e. The second-order valence-electron chi connectivity index (χ2n) is 5.83. The third kappa shape index (κ3) is 4.72. The van der Waals surface area contributed by atoms with Crippen molar-refractivity contribution < 1.29 is 18.7 Å². The number of aromatic nitrogens is 1. The predicted octanol–water partition coefficient (Wildman–Crippen LogP) is 3.49. The summed E-state index contributed by atoms with van der Waals surface area (Å²) in [5, 5.41) is 5.45. The van der Waals surface area contributed by atoms with Crippen molar-refractivity contribution in [2.75, 3.05) is 17.7 Å². The van der Waals surface area contributed by atoms with Crippen LogP contribution in [0.4, 0.5) is 11.4 Å². The molecule has 0 unspecified atom stereocenters. The quantitative estimate of drug-likeness (QED) is 0.697. The van der Waals surface area contributed by atoms with Gasteiger partial charge in [0.2, 0.25) is 17.7 Å². The number of methoxy groups -OCH3 is 1. The molecule has 1 aromatic heterocycles. The lowest BCUT2D eigenvalue weighted by Crippen LogP contribution is -2.17. The summed E-state index contributed by atoms with van der Waals surface area (Å²) in [6, 6.07) is 14.4. The summed E-state index contributed by atoms with van der Waals surface area (Å²) in [5.41, 5.74) is 2.28. The average Bonchev–Trinajstić information content (AvgIpc) is 3.12. The van der Waals surface area contributed by atoms with Crippen molar-refractivity contribution in [3.63, 3.8) is 0 Å². The number of hydrogen-bond acceptors (Lipinski definition) is 5. The standard InChI is InChI=1S/C20H19N3O4/c1-13(24)21-17-9-8-16(26-2)11-18(17)23-19(25)10-15-12-27-20(22-15)14-6-4-3-5-7-14/h3-9,11-12H,10H2,1-2H3,(H,21,24)(H,23,25). The molecule has 138 valence electrons. The van der Waals surface area contributed by atoms with Crippen LogP contribution in [0.25, 0.3) is 11.5 Å². The number of carbonyl (C=O) groups is 2. The van der Waals surface area contributed by atoms with E-state index in [2.05, 4.69) is 15.6 Å². The molecule has 0 spiro atoms. The second-order valence-corrected chi connectivity index (χ2v) is 5.83. The van der Waals surface area contributed by atoms with Gasteiger partial charge >= 0.3 is 0 Å². The highest BCUT2D eigenvalue weighted by Gasteiger charge is 2.13. The molecule has 0 atom stereocenters. The van der Waals surface area contributed by atoms with Gasteiger partial charge in [-0.15, -0.1) is 0 Å². The fourth-order valence-corrected chi connectivity index (χ4v) is 2.51. The van der Waals surface area contributed by atoms with E-state index in [-0.39, 0.29) is 18.2 Å². The maximum Gasteiger partial charge on any atom is 0.230 e. The molecule has 27 heavy (non-hydrogen) atoms. The molecule has 1 heterocycles. The number of rotatable bonds is 6. The Morgan fingerprint density at radius 2 is 1.85 bits per heavy atom. The minimum absolute atomic E-state index is 0.0348. The van der Waals surface area contributed by atoms with E-state index in [0.29, 0.717) is 28.7 Å². The van der Waals surface area contributed by atoms with Gasteiger partial charge in [0.25, 0.3) is 0 Å². The minimum atomic E-state index is -0.289. The number of carbonyl (C=O) groups excluding carboxylic acids is 2. The van der Waals surface area contributed by atoms with Crippen molar-refractivity contribution in [3.8, 4) is 17.2 Å². The van der Waals surface area contributed by atoms with Gasteiger partial charge in [0.05, 0.1) is 30.6 Å². The van der Waals surface area contributed by atoms with Gasteiger partial charge < -0.3 is 19.8 Å². The van der Waals surface area contributed by atoms with Crippen molar-refractivity contribution in [3.05, 3.63) is 60.5 Å². The molecule has 0 bridgehead atoms. The third-order valence-corrected chi connectivity index (χ3v) is 3.73. The maximum absolute atomic E-state index is 12.4. The van der Waals surface area contributed by atoms with Gasteiger partial charge in [0.15, 0.2) is 0 Å². The summed E-state index contributed by atoms with van der Waals surface area (Å²) in [6.45, 7) is 1.40. The van der Waals surface area contributed by atoms with Gasteiger partial charge in [0.1, 0.15) is 12.0 Å². The molecule has 7 nitrogen and oxygen atoms in total. The number of nitrogens with one attached hydrogen (secondary N) is 2. The predicted molar refractivity (Wildman–Crippen MR) is 102 cm³/mol. The Morgan fingerprint density at radius 3 is 2.56 bits per heavy atom. The Hall–Kier alpha value is -3.61. The van der Waals surface area contributed by atoms with Gasteiger partial charge in [-0.05, 0) is 24.3 Å². The Kier molecular flexibility index (Phi) is 5.51. The van der Waals surface area contributed by atoms with Crippen molar-refractivity contribution in [1.29, 1.82) is 0 Å². The van der Waals surface area contributed by atoms with Crippen LogP contribution < -0.4 is 15.4 Å². The smallest absolute Gasteiger partial charge is 0.230 e. The SMILES string of the molecule is COc1ccc(NC(C)=O)c(NC(=O)Cc2coc(-c3ccccc3)n2)c1. The van der Waals surface area contributed by atoms with Crippen LogP contribution in [-0.4, -0.2) is 23.9 Å². The Morgan fingerprint density at radius 1 is 1.07 bits per heavy atom. The van der Waals surface area contributed by atoms with Crippen LogP contribution in [0.1, 0.15) is 12.6 Å². The van der Waals surface area contributed by atoms with Crippen molar-refractivity contribution in [2.24, 2.45) is 0 Å². The van der Waals surface area contributed by atoms with Gasteiger partial charge in [-0.3, -0.25) is 9.59 Å². The first-order valence-electron chi connectivity index (χ1n) is 8.30. The van der Waals surface area contributed by atoms with Crippen LogP contribution in [-0.2, 0) is 16.0 Å². The summed E-state index contributed by atoms with van der Waals surface area (Å²) >= 11 is 0. The van der Waals surface area contributed by atoms with E-state index < -0.39 is 0 Å². The fourth-order valence-electron chi connectivity index (χ4n) is 2.51. The fraction of sp³-hybridized carbons (Fsp3) is 0.150. The molecule has 2 amide bonds. The Balaban J connectivity index is 1.72. The number of benzene rings is 2. The second kappa shape index (κ2) is 8.18. The van der Waals surface area contributed by atoms with E-state index in [1.165, 1.54) is 20.3 Å². The summed E-state index contributed by atoms with van der Waals surface area (Å²) in [5.74, 6) is 0.494. The third-order valence-electron chi connectivity index (χ3n) is 3.73. The molecular weight excluding hydrogens is 346 g/mol. The van der Waals surface area contributed by atoms with Crippen molar-refractivity contribution in [2.45, 2.75) is 13.3 Å². The zero-order valence-electron chi connectivity index (χ0n) is 15.0. The molecule has 0 aliphatic rings. The lowest BCUT2D eigenvalue weighted by molar-refractivity contribution is -0.116. The molecule has 3 rings (SSSR count). The van der Waals surface area contributed by atoms with E-state index in [0.717, 1.165) is 5.56 Å². The molecule has 3 aromatic rings. The molecule has 0 aliphatic heterocycles. The van der Waals surface area contributed by atoms with Gasteiger partial charge in [0, 0.05) is 18.6 Å². The number of ether oxygens (including phenoxy) is 1. The van der Waals surface area contributed by atoms with Crippen LogP contribution in [0.3, 0.4) is 0 Å². The van der Waals surface area contributed by atoms with E-state index in [9.17, 15) is 9.59 Å². The summed E-state index contributed by atoms with van der Waals surface area (Å²) in [4.78, 5) is 28.1. The van der Waals surface area contributed by atoms with Gasteiger partial charge in [-0.1, -0.05) is 18.2 Å². The van der Waals surface area contributed by atoms with Crippen molar-refractivity contribution in [1.82, 2.24) is 4.98 Å². The van der Waals surface area contributed by atoms with E-state index in [1.807, 2.05) is 30.3 Å². The van der Waals surface area contributed by atoms with Crippen LogP contribution in [0.5, 0.6) is 5.75 Å². The van der Waals surface area contributed by atoms with Gasteiger partial charge in [-0.2, -0.15) is 0 Å². The van der Waals surface area contributed by atoms with Crippen LogP contribution in [0.15, 0.2) is 59.2 Å². The topological polar surface area (TPSA) is 93.5 Å². The largest absolute Gasteiger partial charge is 0.497 e. The monoisotopic (exact) mass is 365 g/mol. The number of nitrogens with zero attached hydrogens (tertiary/aromatic N) is 1. The average molecular weight is 365 g/mol. The maximum atomic E-state index is 12.4. The zero-order valence-corrected chi connectivity index (χ0v) is 15.0. The molecule has 0 saturated heterocycles. The Labute approximate surface area is 156 Å². The molecule has 0 radical (unpaired) electrons. The summed E-state index contributed by atoms with van der Waals surface area (Å²) in [6.07, 6.45) is 1.50. The first-order valence-corrected chi connectivity index (χ1v) is 8.30. The van der Waals surface area contributed by atoms with Crippen LogP contribution in [0.2, 0.25) is 0 Å². The highest BCUT2D eigenvalue weighted by Crippen LogP contribution is 2.27. The van der Waals surface area contributed by atoms with E-state index >= 15 is 0 Å². The molecule has 2 N–H and O–H groups in total. The number of oxazole rings is 1. The number of hydrogen-bond donors (Lipinski definition) is 2. The normalized spacial score (nSPS) is 10.3. The lowest BCUT2D eigenvalue weighted by Gasteiger charge is -2.12. The summed E-state index contributed by atoms with van der Waals surface area (Å²) < 4.78 is 10.6. The molecule has 0 aliphatic carbocycles. The molecule has 7 heteroatoms. The highest BCUT2D eigenvalue weighted by molar-refractivity contribution is 5.99. The number of amides is 2. The molecule has 0 fully saturated rings. The Bertz CT molecular complexity index is 951. The first-order chi connectivity index (χ1) is 13.0. The van der Waals surface area contributed by atoms with E-state index in [1.54, 1.807) is 18.2 Å².